The van der Waals surface area contributed by atoms with E-state index in [0.29, 0.717) is 17.9 Å². The summed E-state index contributed by atoms with van der Waals surface area (Å²) in [5.74, 6) is -5.70. The van der Waals surface area contributed by atoms with Crippen molar-refractivity contribution < 1.29 is 40.8 Å². The van der Waals surface area contributed by atoms with Gasteiger partial charge < -0.3 is 19.1 Å². The Morgan fingerprint density at radius 1 is 1.20 bits per heavy atom. The van der Waals surface area contributed by atoms with Crippen LogP contribution in [0.2, 0.25) is 0 Å². The number of piperidine rings is 1. The van der Waals surface area contributed by atoms with Crippen LogP contribution in [0.5, 0.6) is 0 Å². The van der Waals surface area contributed by atoms with Crippen LogP contribution in [-0.4, -0.2) is 76.5 Å². The summed E-state index contributed by atoms with van der Waals surface area (Å²) in [6.45, 7) is -0.169. The molecule has 0 bridgehead atoms. The van der Waals surface area contributed by atoms with Crippen molar-refractivity contribution in [2.24, 2.45) is 0 Å². The van der Waals surface area contributed by atoms with E-state index in [1.807, 2.05) is 0 Å². The number of hydrogen-bond donors (Lipinski definition) is 1. The molecule has 1 atom stereocenters. The average molecular weight is 450 g/mol. The fourth-order valence-corrected chi connectivity index (χ4v) is 4.28. The minimum atomic E-state index is -4.15. The smallest absolute Gasteiger partial charge is 0.414 e. The summed E-state index contributed by atoms with van der Waals surface area (Å²) in [4.78, 5) is 14.9. The summed E-state index contributed by atoms with van der Waals surface area (Å²) in [6, 6.07) is 6.45. The number of alkyl halides is 2. The third-order valence-electron chi connectivity index (χ3n) is 5.42. The molecule has 2 aliphatic heterocycles. The standard InChI is InChI=1S/C18H24F2N2O7S/c1-27-18(28-2)8-9-21(12-17(18,19)20)13-3-5-14(6-4-13)22-11-15(29-16(22)23)7-10-30(24,25)26/h3-6,15H,7-12H2,1-2H3,(H,24,25,26). The van der Waals surface area contributed by atoms with Crippen molar-refractivity contribution >= 4 is 27.6 Å². The summed E-state index contributed by atoms with van der Waals surface area (Å²) in [7, 11) is -1.76. The first kappa shape index (κ1) is 22.7. The number of ether oxygens (including phenoxy) is 3. The summed E-state index contributed by atoms with van der Waals surface area (Å²) in [5, 5.41) is 0. The summed E-state index contributed by atoms with van der Waals surface area (Å²) < 4.78 is 74.8. The number of halogens is 2. The molecular weight excluding hydrogens is 426 g/mol. The number of cyclic esters (lactones) is 1. The van der Waals surface area contributed by atoms with Gasteiger partial charge in [-0.05, 0) is 24.3 Å². The number of nitrogens with zero attached hydrogens (tertiary/aromatic N) is 2. The summed E-state index contributed by atoms with van der Waals surface area (Å²) in [5.41, 5.74) is 1.04. The zero-order valence-corrected chi connectivity index (χ0v) is 17.4. The lowest BCUT2D eigenvalue weighted by Gasteiger charge is -2.45. The van der Waals surface area contributed by atoms with Gasteiger partial charge in [-0.15, -0.1) is 0 Å². The van der Waals surface area contributed by atoms with E-state index in [0.717, 1.165) is 0 Å². The molecule has 30 heavy (non-hydrogen) atoms. The molecule has 1 amide bonds. The van der Waals surface area contributed by atoms with Crippen molar-refractivity contribution in [3.8, 4) is 0 Å². The maximum absolute atomic E-state index is 14.6. The number of anilines is 2. The number of amides is 1. The normalized spacial score (nSPS) is 23.5. The Balaban J connectivity index is 1.66. The molecule has 2 saturated heterocycles. The lowest BCUT2D eigenvalue weighted by molar-refractivity contribution is -0.324. The van der Waals surface area contributed by atoms with E-state index in [4.69, 9.17) is 18.8 Å². The fraction of sp³-hybridized carbons (Fsp3) is 0.611. The van der Waals surface area contributed by atoms with E-state index in [-0.39, 0.29) is 19.4 Å². The predicted octanol–water partition coefficient (Wildman–Crippen LogP) is 2.12. The molecule has 2 fully saturated rings. The van der Waals surface area contributed by atoms with E-state index in [1.165, 1.54) is 24.0 Å². The second-order valence-electron chi connectivity index (χ2n) is 7.24. The molecule has 0 aliphatic carbocycles. The van der Waals surface area contributed by atoms with Gasteiger partial charge in [-0.1, -0.05) is 0 Å². The number of carbonyl (C=O) groups is 1. The zero-order chi connectivity index (χ0) is 22.2. The molecule has 2 aliphatic rings. The molecule has 1 unspecified atom stereocenters. The molecule has 9 nitrogen and oxygen atoms in total. The first-order valence-corrected chi connectivity index (χ1v) is 10.9. The van der Waals surface area contributed by atoms with Gasteiger partial charge in [-0.25, -0.2) is 4.79 Å². The minimum Gasteiger partial charge on any atom is -0.444 e. The Morgan fingerprint density at radius 3 is 2.33 bits per heavy atom. The first-order valence-electron chi connectivity index (χ1n) is 9.27. The van der Waals surface area contributed by atoms with Crippen LogP contribution < -0.4 is 9.80 Å². The largest absolute Gasteiger partial charge is 0.444 e. The molecule has 0 radical (unpaired) electrons. The van der Waals surface area contributed by atoms with Crippen molar-refractivity contribution in [2.45, 2.75) is 30.7 Å². The molecule has 0 spiro atoms. The van der Waals surface area contributed by atoms with Crippen LogP contribution in [0, 0.1) is 0 Å². The number of benzene rings is 1. The molecule has 2 heterocycles. The van der Waals surface area contributed by atoms with Crippen LogP contribution in [0.15, 0.2) is 24.3 Å². The quantitative estimate of drug-likeness (QED) is 0.498. The van der Waals surface area contributed by atoms with Crippen LogP contribution in [0.3, 0.4) is 0 Å². The highest BCUT2D eigenvalue weighted by atomic mass is 32.2. The fourth-order valence-electron chi connectivity index (χ4n) is 3.72. The highest BCUT2D eigenvalue weighted by Gasteiger charge is 2.58. The van der Waals surface area contributed by atoms with Crippen LogP contribution in [0.1, 0.15) is 12.8 Å². The van der Waals surface area contributed by atoms with Crippen LogP contribution in [0.25, 0.3) is 0 Å². The minimum absolute atomic E-state index is 0.0250. The first-order chi connectivity index (χ1) is 14.0. The number of methoxy groups -OCH3 is 2. The van der Waals surface area contributed by atoms with Crippen LogP contribution in [-0.2, 0) is 24.3 Å². The molecule has 3 rings (SSSR count). The van der Waals surface area contributed by atoms with Gasteiger partial charge in [0.25, 0.3) is 10.1 Å². The van der Waals surface area contributed by atoms with Gasteiger partial charge in [0.1, 0.15) is 6.10 Å². The third-order valence-corrected chi connectivity index (χ3v) is 6.17. The van der Waals surface area contributed by atoms with E-state index in [2.05, 4.69) is 0 Å². The molecule has 1 aromatic rings. The predicted molar refractivity (Wildman–Crippen MR) is 104 cm³/mol. The zero-order valence-electron chi connectivity index (χ0n) is 16.6. The van der Waals surface area contributed by atoms with Crippen molar-refractivity contribution in [1.29, 1.82) is 0 Å². The second-order valence-corrected chi connectivity index (χ2v) is 8.82. The topological polar surface area (TPSA) is 106 Å². The van der Waals surface area contributed by atoms with Crippen molar-refractivity contribution in [3.63, 3.8) is 0 Å². The molecule has 0 saturated carbocycles. The van der Waals surface area contributed by atoms with Crippen LogP contribution in [0.4, 0.5) is 25.0 Å². The van der Waals surface area contributed by atoms with Gasteiger partial charge in [0.2, 0.25) is 5.79 Å². The Bertz CT molecular complexity index is 875. The SMILES string of the molecule is COC1(OC)CCN(c2ccc(N3CC(CCS(=O)(=O)O)OC3=O)cc2)CC1(F)F. The Kier molecular flexibility index (Phi) is 6.23. The molecule has 12 heteroatoms. The Labute approximate surface area is 173 Å². The van der Waals surface area contributed by atoms with Gasteiger partial charge >= 0.3 is 12.0 Å². The lowest BCUT2D eigenvalue weighted by Crippen LogP contribution is -2.62. The third kappa shape index (κ3) is 4.51. The number of hydrogen-bond acceptors (Lipinski definition) is 7. The highest BCUT2D eigenvalue weighted by Crippen LogP contribution is 2.41. The van der Waals surface area contributed by atoms with Crippen molar-refractivity contribution in [1.82, 2.24) is 0 Å². The average Bonchev–Trinajstić information content (AvgIpc) is 3.06. The molecule has 1 N–H and O–H groups in total. The number of carbonyl (C=O) groups excluding carboxylic acids is 1. The lowest BCUT2D eigenvalue weighted by atomic mass is 9.98. The van der Waals surface area contributed by atoms with Gasteiger partial charge in [-0.2, -0.15) is 17.2 Å². The molecule has 1 aromatic carbocycles. The number of rotatable bonds is 7. The molecular formula is C18H24F2N2O7S. The maximum Gasteiger partial charge on any atom is 0.414 e. The molecule has 168 valence electrons. The Morgan fingerprint density at radius 2 is 1.80 bits per heavy atom. The molecule has 0 aromatic heterocycles. The highest BCUT2D eigenvalue weighted by molar-refractivity contribution is 7.85. The van der Waals surface area contributed by atoms with Gasteiger partial charge in [0.05, 0.1) is 18.8 Å². The monoisotopic (exact) mass is 450 g/mol. The van der Waals surface area contributed by atoms with E-state index in [9.17, 15) is 22.0 Å². The van der Waals surface area contributed by atoms with Gasteiger partial charge in [0, 0.05) is 45.0 Å². The van der Waals surface area contributed by atoms with Gasteiger partial charge in [-0.3, -0.25) is 9.45 Å². The van der Waals surface area contributed by atoms with E-state index < -0.39 is 46.3 Å². The summed E-state index contributed by atoms with van der Waals surface area (Å²) >= 11 is 0. The summed E-state index contributed by atoms with van der Waals surface area (Å²) in [6.07, 6.45) is -1.36. The van der Waals surface area contributed by atoms with E-state index >= 15 is 0 Å². The van der Waals surface area contributed by atoms with Crippen molar-refractivity contribution in [3.05, 3.63) is 24.3 Å². The van der Waals surface area contributed by atoms with Gasteiger partial charge in [0.15, 0.2) is 0 Å². The maximum atomic E-state index is 14.6. The second kappa shape index (κ2) is 8.25. The van der Waals surface area contributed by atoms with Crippen molar-refractivity contribution in [2.75, 3.05) is 49.4 Å². The Hall–Kier alpha value is -2.02. The van der Waals surface area contributed by atoms with Crippen LogP contribution >= 0.6 is 0 Å². The van der Waals surface area contributed by atoms with E-state index in [1.54, 1.807) is 24.3 Å².